The lowest BCUT2D eigenvalue weighted by molar-refractivity contribution is -0.143. The van der Waals surface area contributed by atoms with Gasteiger partial charge in [-0.3, -0.25) is 14.3 Å². The lowest BCUT2D eigenvalue weighted by atomic mass is 10.0. The van der Waals surface area contributed by atoms with E-state index in [0.29, 0.717) is 18.7 Å². The summed E-state index contributed by atoms with van der Waals surface area (Å²) in [6, 6.07) is 24.4. The molecule has 1 aliphatic heterocycles. The lowest BCUT2D eigenvalue weighted by Gasteiger charge is -2.31. The molecule has 47 heavy (non-hydrogen) atoms. The summed E-state index contributed by atoms with van der Waals surface area (Å²) in [5, 5.41) is 2.95. The Hall–Kier alpha value is -4.81. The Morgan fingerprint density at radius 1 is 0.872 bits per heavy atom. The summed E-state index contributed by atoms with van der Waals surface area (Å²) in [7, 11) is -3.97. The largest absolute Gasteiger partial charge is 0.484 e. The Balaban J connectivity index is 1.32. The van der Waals surface area contributed by atoms with Crippen LogP contribution in [-0.4, -0.2) is 57.0 Å². The van der Waals surface area contributed by atoms with Crippen LogP contribution in [0.15, 0.2) is 108 Å². The average Bonchev–Trinajstić information content (AvgIpc) is 3.60. The molecule has 1 fully saturated rings. The Bertz CT molecular complexity index is 1730. The van der Waals surface area contributed by atoms with Gasteiger partial charge in [-0.2, -0.15) is 0 Å². The second kappa shape index (κ2) is 15.7. The highest BCUT2D eigenvalue weighted by atomic mass is 32.2. The number of carbonyl (C=O) groups is 2. The van der Waals surface area contributed by atoms with Crippen LogP contribution < -0.4 is 14.8 Å². The van der Waals surface area contributed by atoms with Gasteiger partial charge in [0.25, 0.3) is 15.9 Å². The van der Waals surface area contributed by atoms with Crippen LogP contribution in [0.3, 0.4) is 0 Å². The van der Waals surface area contributed by atoms with Crippen LogP contribution in [0.2, 0.25) is 0 Å². The van der Waals surface area contributed by atoms with Crippen LogP contribution in [0.25, 0.3) is 0 Å². The summed E-state index contributed by atoms with van der Waals surface area (Å²) in [5.41, 5.74) is 1.66. The van der Waals surface area contributed by atoms with Crippen molar-refractivity contribution in [2.24, 2.45) is 0 Å². The number of rotatable bonds is 14. The predicted octanol–water partition coefficient (Wildman–Crippen LogP) is 5.08. The molecule has 0 radical (unpaired) electrons. The fraction of sp³-hybridized carbons (Fsp3) is 0.257. The van der Waals surface area contributed by atoms with E-state index in [1.807, 2.05) is 30.3 Å². The summed E-state index contributed by atoms with van der Waals surface area (Å²) >= 11 is 0. The third-order valence-electron chi connectivity index (χ3n) is 7.66. The van der Waals surface area contributed by atoms with Crippen molar-refractivity contribution in [2.45, 2.75) is 42.8 Å². The fourth-order valence-corrected chi connectivity index (χ4v) is 6.21. The third kappa shape index (κ3) is 9.60. The minimum atomic E-state index is -3.97. The van der Waals surface area contributed by atoms with Crippen molar-refractivity contribution < 1.29 is 36.3 Å². The van der Waals surface area contributed by atoms with E-state index in [0.717, 1.165) is 30.5 Å². The molecule has 1 aliphatic rings. The third-order valence-corrected chi connectivity index (χ3v) is 9.06. The zero-order valence-electron chi connectivity index (χ0n) is 25.5. The molecule has 2 N–H and O–H groups in total. The average molecular weight is 664 g/mol. The minimum Gasteiger partial charge on any atom is -0.484 e. The molecule has 246 valence electrons. The van der Waals surface area contributed by atoms with E-state index in [2.05, 4.69) is 10.0 Å². The number of anilines is 1. The van der Waals surface area contributed by atoms with E-state index in [1.54, 1.807) is 12.1 Å². The molecule has 1 heterocycles. The number of hydrogen-bond donors (Lipinski definition) is 2. The molecule has 0 spiro atoms. The van der Waals surface area contributed by atoms with Crippen molar-refractivity contribution >= 4 is 27.5 Å². The highest BCUT2D eigenvalue weighted by Crippen LogP contribution is 2.21. The summed E-state index contributed by atoms with van der Waals surface area (Å²) in [6.45, 7) is 0.508. The number of ether oxygens (including phenoxy) is 2. The van der Waals surface area contributed by atoms with Crippen molar-refractivity contribution in [3.05, 3.63) is 126 Å². The quantitative estimate of drug-likeness (QED) is 0.195. The van der Waals surface area contributed by atoms with Gasteiger partial charge >= 0.3 is 0 Å². The molecule has 2 atom stereocenters. The molecule has 12 heteroatoms. The van der Waals surface area contributed by atoms with Gasteiger partial charge in [0.1, 0.15) is 23.4 Å². The predicted molar refractivity (Wildman–Crippen MR) is 172 cm³/mol. The summed E-state index contributed by atoms with van der Waals surface area (Å²) in [6.07, 6.45) is 1.87. The van der Waals surface area contributed by atoms with E-state index in [1.165, 1.54) is 53.4 Å². The molecule has 2 amide bonds. The van der Waals surface area contributed by atoms with Gasteiger partial charge in [-0.15, -0.1) is 0 Å². The molecule has 0 unspecified atom stereocenters. The maximum atomic E-state index is 13.8. The maximum Gasteiger partial charge on any atom is 0.261 e. The van der Waals surface area contributed by atoms with Gasteiger partial charge in [0.15, 0.2) is 6.61 Å². The highest BCUT2D eigenvalue weighted by Gasteiger charge is 2.31. The fourth-order valence-electron chi connectivity index (χ4n) is 5.15. The zero-order valence-corrected chi connectivity index (χ0v) is 26.3. The number of benzene rings is 4. The van der Waals surface area contributed by atoms with Crippen molar-refractivity contribution in [2.75, 3.05) is 24.5 Å². The molecule has 0 bridgehead atoms. The Labute approximate surface area is 272 Å². The number of sulfonamides is 1. The van der Waals surface area contributed by atoms with Gasteiger partial charge < -0.3 is 19.7 Å². The zero-order chi connectivity index (χ0) is 33.2. The Morgan fingerprint density at radius 3 is 2.17 bits per heavy atom. The second-order valence-electron chi connectivity index (χ2n) is 11.1. The lowest BCUT2D eigenvalue weighted by Crippen LogP contribution is -2.52. The van der Waals surface area contributed by atoms with Gasteiger partial charge in [-0.25, -0.2) is 17.2 Å². The number of nitrogens with one attached hydrogen (secondary N) is 2. The molecule has 0 aromatic heterocycles. The smallest absolute Gasteiger partial charge is 0.261 e. The van der Waals surface area contributed by atoms with Gasteiger partial charge in [0.2, 0.25) is 5.91 Å². The van der Waals surface area contributed by atoms with Crippen molar-refractivity contribution in [1.82, 2.24) is 10.2 Å². The van der Waals surface area contributed by atoms with E-state index in [4.69, 9.17) is 9.47 Å². The molecular formula is C35H35F2N3O6S. The summed E-state index contributed by atoms with van der Waals surface area (Å²) in [5.74, 6) is -1.56. The van der Waals surface area contributed by atoms with Crippen LogP contribution in [0.4, 0.5) is 14.5 Å². The SMILES string of the molecule is O=C(NC[C@@H]1CCCO1)[C@@H](Cc1ccccc1)N(Cc1ccc(F)cc1)C(=O)COc1ccc(S(=O)(=O)Nc2ccc(F)cc2)cc1. The number of amides is 2. The number of halogens is 2. The monoisotopic (exact) mass is 663 g/mol. The molecule has 9 nitrogen and oxygen atoms in total. The summed E-state index contributed by atoms with van der Waals surface area (Å²) in [4.78, 5) is 28.9. The maximum absolute atomic E-state index is 13.8. The molecule has 0 aliphatic carbocycles. The molecular weight excluding hydrogens is 628 g/mol. The van der Waals surface area contributed by atoms with Crippen molar-refractivity contribution in [3.8, 4) is 5.75 Å². The minimum absolute atomic E-state index is 0.0135. The summed E-state index contributed by atoms with van der Waals surface area (Å²) < 4.78 is 66.3. The molecule has 1 saturated heterocycles. The molecule has 5 rings (SSSR count). The van der Waals surface area contributed by atoms with Gasteiger partial charge in [-0.1, -0.05) is 42.5 Å². The first-order valence-electron chi connectivity index (χ1n) is 15.1. The van der Waals surface area contributed by atoms with Crippen LogP contribution >= 0.6 is 0 Å². The molecule has 0 saturated carbocycles. The standard InChI is InChI=1S/C35H35F2N3O6S/c36-27-10-8-26(9-11-27)23-40(33(21-25-5-2-1-3-6-25)35(42)38-22-31-7-4-20-45-31)34(41)24-46-30-16-18-32(19-17-30)47(43,44)39-29-14-12-28(37)13-15-29/h1-3,5-6,8-19,31,33,39H,4,7,20-24H2,(H,38,42)/t31-,33+/m0/s1. The topological polar surface area (TPSA) is 114 Å². The van der Waals surface area contributed by atoms with Crippen molar-refractivity contribution in [3.63, 3.8) is 0 Å². The van der Waals surface area contributed by atoms with Crippen LogP contribution in [0, 0.1) is 11.6 Å². The first kappa shape index (κ1) is 33.6. The Morgan fingerprint density at radius 2 is 1.53 bits per heavy atom. The van der Waals surface area contributed by atoms with Gasteiger partial charge in [-0.05, 0) is 84.6 Å². The first-order valence-corrected chi connectivity index (χ1v) is 16.6. The van der Waals surface area contributed by atoms with Gasteiger partial charge in [0, 0.05) is 31.8 Å². The van der Waals surface area contributed by atoms with Crippen LogP contribution in [-0.2, 0) is 37.3 Å². The highest BCUT2D eigenvalue weighted by molar-refractivity contribution is 7.92. The van der Waals surface area contributed by atoms with E-state index in [-0.39, 0.29) is 41.3 Å². The Kier molecular flexibility index (Phi) is 11.2. The number of nitrogens with zero attached hydrogens (tertiary/aromatic N) is 1. The van der Waals surface area contributed by atoms with E-state index >= 15 is 0 Å². The van der Waals surface area contributed by atoms with Crippen molar-refractivity contribution in [1.29, 1.82) is 0 Å². The van der Waals surface area contributed by atoms with E-state index < -0.39 is 40.2 Å². The second-order valence-corrected chi connectivity index (χ2v) is 12.8. The van der Waals surface area contributed by atoms with Crippen LogP contribution in [0.5, 0.6) is 5.75 Å². The number of carbonyl (C=O) groups excluding carboxylic acids is 2. The van der Waals surface area contributed by atoms with Gasteiger partial charge in [0.05, 0.1) is 11.0 Å². The number of hydrogen-bond acceptors (Lipinski definition) is 6. The van der Waals surface area contributed by atoms with Crippen LogP contribution in [0.1, 0.15) is 24.0 Å². The first-order chi connectivity index (χ1) is 22.7. The molecule has 4 aromatic carbocycles. The molecule has 4 aromatic rings. The normalized spacial score (nSPS) is 15.1. The van der Waals surface area contributed by atoms with E-state index in [9.17, 15) is 26.8 Å².